The third kappa shape index (κ3) is 3.29. The highest BCUT2D eigenvalue weighted by molar-refractivity contribution is 5.15. The highest BCUT2D eigenvalue weighted by Gasteiger charge is 2.09. The number of halogens is 1. The average molecular weight is 209 g/mol. The molecule has 1 heterocycles. The zero-order valence-corrected chi connectivity index (χ0v) is 8.79. The fourth-order valence-electron chi connectivity index (χ4n) is 1.80. The van der Waals surface area contributed by atoms with Gasteiger partial charge in [-0.2, -0.15) is 0 Å². The van der Waals surface area contributed by atoms with E-state index in [1.54, 1.807) is 0 Å². The predicted octanol–water partition coefficient (Wildman–Crippen LogP) is 2.05. The Morgan fingerprint density at radius 3 is 2.73 bits per heavy atom. The van der Waals surface area contributed by atoms with Crippen LogP contribution in [0.15, 0.2) is 24.3 Å². The molecule has 1 aliphatic heterocycles. The van der Waals surface area contributed by atoms with Gasteiger partial charge in [-0.1, -0.05) is 12.1 Å². The van der Waals surface area contributed by atoms with Crippen molar-refractivity contribution in [3.8, 4) is 0 Å². The molecule has 0 aliphatic carbocycles. The first-order valence-corrected chi connectivity index (χ1v) is 5.39. The molecule has 0 unspecified atom stereocenters. The van der Waals surface area contributed by atoms with Crippen LogP contribution in [-0.4, -0.2) is 31.2 Å². The fraction of sp³-hybridized carbons (Fsp3) is 0.500. The summed E-state index contributed by atoms with van der Waals surface area (Å²) in [6.45, 7) is 4.60. The number of rotatable bonds is 2. The molecule has 1 fully saturated rings. The van der Waals surface area contributed by atoms with Gasteiger partial charge in [0.2, 0.25) is 0 Å². The lowest BCUT2D eigenvalue weighted by Crippen LogP contribution is -2.25. The Hall–Kier alpha value is -0.930. The monoisotopic (exact) mass is 209 g/mol. The molecule has 2 rings (SSSR count). The van der Waals surface area contributed by atoms with Gasteiger partial charge >= 0.3 is 0 Å². The Bertz CT molecular complexity index is 291. The molecule has 82 valence electrons. The van der Waals surface area contributed by atoms with Crippen LogP contribution in [0.4, 0.5) is 4.39 Å². The first-order valence-electron chi connectivity index (χ1n) is 5.39. The van der Waals surface area contributed by atoms with Crippen LogP contribution in [0.25, 0.3) is 0 Å². The van der Waals surface area contributed by atoms with Crippen molar-refractivity contribution >= 4 is 0 Å². The van der Waals surface area contributed by atoms with Gasteiger partial charge in [0.05, 0.1) is 6.61 Å². The molecule has 3 heteroatoms. The van der Waals surface area contributed by atoms with E-state index in [-0.39, 0.29) is 5.82 Å². The third-order valence-electron chi connectivity index (χ3n) is 2.63. The summed E-state index contributed by atoms with van der Waals surface area (Å²) in [6.07, 6.45) is 1.08. The van der Waals surface area contributed by atoms with E-state index in [1.165, 1.54) is 17.7 Å². The van der Waals surface area contributed by atoms with Gasteiger partial charge < -0.3 is 4.74 Å². The topological polar surface area (TPSA) is 12.5 Å². The second kappa shape index (κ2) is 5.24. The molecule has 0 aromatic heterocycles. The van der Waals surface area contributed by atoms with Gasteiger partial charge in [-0.15, -0.1) is 0 Å². The van der Waals surface area contributed by atoms with Crippen molar-refractivity contribution in [1.82, 2.24) is 4.90 Å². The van der Waals surface area contributed by atoms with Crippen molar-refractivity contribution in [2.24, 2.45) is 0 Å². The predicted molar refractivity (Wildman–Crippen MR) is 57.1 cm³/mol. The first kappa shape index (κ1) is 10.6. The lowest BCUT2D eigenvalue weighted by atomic mass is 10.2. The van der Waals surface area contributed by atoms with Gasteiger partial charge in [-0.25, -0.2) is 4.39 Å². The van der Waals surface area contributed by atoms with E-state index in [0.717, 1.165) is 39.3 Å². The number of ether oxygens (including phenoxy) is 1. The quantitative estimate of drug-likeness (QED) is 0.739. The number of benzene rings is 1. The Balaban J connectivity index is 1.92. The van der Waals surface area contributed by atoms with Gasteiger partial charge in [0.1, 0.15) is 5.82 Å². The highest BCUT2D eigenvalue weighted by Crippen LogP contribution is 2.08. The molecule has 2 nitrogen and oxygen atoms in total. The van der Waals surface area contributed by atoms with E-state index in [0.29, 0.717) is 0 Å². The number of nitrogens with zero attached hydrogens (tertiary/aromatic N) is 1. The second-order valence-corrected chi connectivity index (χ2v) is 3.87. The van der Waals surface area contributed by atoms with Gasteiger partial charge in [0.25, 0.3) is 0 Å². The summed E-state index contributed by atoms with van der Waals surface area (Å²) >= 11 is 0. The molecule has 0 amide bonds. The molecule has 0 bridgehead atoms. The summed E-state index contributed by atoms with van der Waals surface area (Å²) in [5, 5.41) is 0. The SMILES string of the molecule is Fc1ccc(CN2CCCOCC2)cc1. The Morgan fingerprint density at radius 1 is 1.13 bits per heavy atom. The molecule has 0 spiro atoms. The number of hydrogen-bond donors (Lipinski definition) is 0. The molecule has 1 aromatic rings. The smallest absolute Gasteiger partial charge is 0.123 e. The van der Waals surface area contributed by atoms with E-state index < -0.39 is 0 Å². The zero-order chi connectivity index (χ0) is 10.5. The molecule has 0 saturated carbocycles. The van der Waals surface area contributed by atoms with Crippen molar-refractivity contribution in [1.29, 1.82) is 0 Å². The van der Waals surface area contributed by atoms with E-state index in [1.807, 2.05) is 12.1 Å². The maximum atomic E-state index is 12.7. The summed E-state index contributed by atoms with van der Waals surface area (Å²) in [7, 11) is 0. The van der Waals surface area contributed by atoms with E-state index >= 15 is 0 Å². The molecule has 1 aliphatic rings. The van der Waals surface area contributed by atoms with Gasteiger partial charge in [0.15, 0.2) is 0 Å². The van der Waals surface area contributed by atoms with E-state index in [2.05, 4.69) is 4.90 Å². The van der Waals surface area contributed by atoms with Crippen LogP contribution >= 0.6 is 0 Å². The summed E-state index contributed by atoms with van der Waals surface area (Å²) in [5.41, 5.74) is 1.17. The summed E-state index contributed by atoms with van der Waals surface area (Å²) in [5.74, 6) is -0.169. The number of hydrogen-bond acceptors (Lipinski definition) is 2. The molecule has 0 atom stereocenters. The maximum Gasteiger partial charge on any atom is 0.123 e. The lowest BCUT2D eigenvalue weighted by Gasteiger charge is -2.18. The minimum absolute atomic E-state index is 0.169. The van der Waals surface area contributed by atoms with Crippen LogP contribution in [0.5, 0.6) is 0 Å². The molecular weight excluding hydrogens is 193 g/mol. The molecular formula is C12H16FNO. The second-order valence-electron chi connectivity index (χ2n) is 3.87. The van der Waals surface area contributed by atoms with Crippen molar-refractivity contribution in [2.75, 3.05) is 26.3 Å². The first-order chi connectivity index (χ1) is 7.34. The van der Waals surface area contributed by atoms with Crippen molar-refractivity contribution in [3.05, 3.63) is 35.6 Å². The van der Waals surface area contributed by atoms with Crippen LogP contribution in [0.3, 0.4) is 0 Å². The van der Waals surface area contributed by atoms with Crippen LogP contribution in [0.2, 0.25) is 0 Å². The normalized spacial score (nSPS) is 18.7. The van der Waals surface area contributed by atoms with Gasteiger partial charge in [0, 0.05) is 26.2 Å². The van der Waals surface area contributed by atoms with Crippen LogP contribution in [-0.2, 0) is 11.3 Å². The highest BCUT2D eigenvalue weighted by atomic mass is 19.1. The van der Waals surface area contributed by atoms with Crippen molar-refractivity contribution < 1.29 is 9.13 Å². The van der Waals surface area contributed by atoms with Crippen molar-refractivity contribution in [2.45, 2.75) is 13.0 Å². The standard InChI is InChI=1S/C12H16FNO/c13-12-4-2-11(3-5-12)10-14-6-1-8-15-9-7-14/h2-5H,1,6-10H2. The summed E-state index contributed by atoms with van der Waals surface area (Å²) < 4.78 is 18.1. The van der Waals surface area contributed by atoms with Crippen LogP contribution in [0.1, 0.15) is 12.0 Å². The van der Waals surface area contributed by atoms with Crippen LogP contribution < -0.4 is 0 Å². The van der Waals surface area contributed by atoms with E-state index in [9.17, 15) is 4.39 Å². The molecule has 15 heavy (non-hydrogen) atoms. The van der Waals surface area contributed by atoms with E-state index in [4.69, 9.17) is 4.74 Å². The lowest BCUT2D eigenvalue weighted by molar-refractivity contribution is 0.140. The third-order valence-corrected chi connectivity index (χ3v) is 2.63. The minimum atomic E-state index is -0.169. The van der Waals surface area contributed by atoms with Crippen molar-refractivity contribution in [3.63, 3.8) is 0 Å². The molecule has 0 radical (unpaired) electrons. The molecule has 1 aromatic carbocycles. The summed E-state index contributed by atoms with van der Waals surface area (Å²) in [6, 6.07) is 6.73. The largest absolute Gasteiger partial charge is 0.380 e. The fourth-order valence-corrected chi connectivity index (χ4v) is 1.80. The summed E-state index contributed by atoms with van der Waals surface area (Å²) in [4.78, 5) is 2.35. The average Bonchev–Trinajstić information content (AvgIpc) is 2.50. The molecule has 0 N–H and O–H groups in total. The van der Waals surface area contributed by atoms with Gasteiger partial charge in [-0.3, -0.25) is 4.90 Å². The Kier molecular flexibility index (Phi) is 3.69. The minimum Gasteiger partial charge on any atom is -0.380 e. The maximum absolute atomic E-state index is 12.7. The molecule has 1 saturated heterocycles. The zero-order valence-electron chi connectivity index (χ0n) is 8.79. The Labute approximate surface area is 89.7 Å². The Morgan fingerprint density at radius 2 is 1.93 bits per heavy atom. The van der Waals surface area contributed by atoms with Crippen LogP contribution in [0, 0.1) is 5.82 Å². The van der Waals surface area contributed by atoms with Gasteiger partial charge in [-0.05, 0) is 24.1 Å².